The van der Waals surface area contributed by atoms with Crippen LogP contribution in [0.3, 0.4) is 0 Å². The molecule has 0 radical (unpaired) electrons. The van der Waals surface area contributed by atoms with Crippen LogP contribution in [0.5, 0.6) is 11.5 Å². The fraction of sp³-hybridized carbons (Fsp3) is 0.0909. The molecule has 148 valence electrons. The third-order valence-corrected chi connectivity index (χ3v) is 4.64. The highest BCUT2D eigenvalue weighted by Crippen LogP contribution is 2.26. The van der Waals surface area contributed by atoms with Crippen LogP contribution in [0.4, 0.5) is 11.4 Å². The van der Waals surface area contributed by atoms with Crippen molar-refractivity contribution in [3.63, 3.8) is 0 Å². The molecular weight excluding hydrogens is 411 g/mol. The number of aliphatic imine (C=N–C) groups is 1. The summed E-state index contributed by atoms with van der Waals surface area (Å²) in [4.78, 5) is 16.5. The van der Waals surface area contributed by atoms with Crippen molar-refractivity contribution in [2.75, 3.05) is 19.0 Å². The smallest absolute Gasteiger partial charge is 0.262 e. The Morgan fingerprint density at radius 2 is 1.79 bits per heavy atom. The van der Waals surface area contributed by atoms with Gasteiger partial charge in [-0.25, -0.2) is 0 Å². The van der Waals surface area contributed by atoms with Crippen molar-refractivity contribution in [3.8, 4) is 11.5 Å². The Balaban J connectivity index is 1.54. The lowest BCUT2D eigenvalue weighted by Gasteiger charge is -2.10. The van der Waals surface area contributed by atoms with Gasteiger partial charge >= 0.3 is 0 Å². The molecule has 29 heavy (non-hydrogen) atoms. The van der Waals surface area contributed by atoms with Gasteiger partial charge in [-0.3, -0.25) is 9.79 Å². The SMILES string of the molecule is COc1ccccc1NC(=O)COc1ccc(C=Nc2ccc(Cl)c(Cl)c2)cc1. The van der Waals surface area contributed by atoms with Crippen molar-refractivity contribution >= 4 is 46.7 Å². The van der Waals surface area contributed by atoms with Gasteiger partial charge < -0.3 is 14.8 Å². The summed E-state index contributed by atoms with van der Waals surface area (Å²) in [5, 5.41) is 3.70. The molecule has 0 heterocycles. The van der Waals surface area contributed by atoms with Crippen LogP contribution in [0, 0.1) is 0 Å². The van der Waals surface area contributed by atoms with Gasteiger partial charge in [0, 0.05) is 6.21 Å². The average molecular weight is 429 g/mol. The lowest BCUT2D eigenvalue weighted by Crippen LogP contribution is -2.20. The van der Waals surface area contributed by atoms with Crippen molar-refractivity contribution in [2.45, 2.75) is 0 Å². The minimum Gasteiger partial charge on any atom is -0.495 e. The number of benzene rings is 3. The molecule has 5 nitrogen and oxygen atoms in total. The average Bonchev–Trinajstić information content (AvgIpc) is 2.74. The maximum atomic E-state index is 12.1. The second-order valence-corrected chi connectivity index (χ2v) is 6.78. The van der Waals surface area contributed by atoms with Gasteiger partial charge in [0.05, 0.1) is 28.5 Å². The van der Waals surface area contributed by atoms with Crippen LogP contribution in [-0.4, -0.2) is 25.8 Å². The molecule has 0 bridgehead atoms. The molecule has 0 aliphatic rings. The van der Waals surface area contributed by atoms with Crippen molar-refractivity contribution in [1.29, 1.82) is 0 Å². The van der Waals surface area contributed by atoms with E-state index in [9.17, 15) is 4.79 Å². The van der Waals surface area contributed by atoms with E-state index in [0.29, 0.717) is 32.9 Å². The molecule has 0 atom stereocenters. The number of hydrogen-bond donors (Lipinski definition) is 1. The highest BCUT2D eigenvalue weighted by molar-refractivity contribution is 6.42. The number of nitrogens with one attached hydrogen (secondary N) is 1. The Morgan fingerprint density at radius 1 is 1.03 bits per heavy atom. The third-order valence-electron chi connectivity index (χ3n) is 3.90. The summed E-state index contributed by atoms with van der Waals surface area (Å²) in [6, 6.07) is 19.6. The number of para-hydroxylation sites is 2. The molecule has 0 aromatic heterocycles. The lowest BCUT2D eigenvalue weighted by atomic mass is 10.2. The van der Waals surface area contributed by atoms with Crippen molar-refractivity contribution in [3.05, 3.63) is 82.3 Å². The Bertz CT molecular complexity index is 1020. The van der Waals surface area contributed by atoms with E-state index in [2.05, 4.69) is 10.3 Å². The van der Waals surface area contributed by atoms with Gasteiger partial charge in [0.25, 0.3) is 5.91 Å². The molecule has 0 unspecified atom stereocenters. The van der Waals surface area contributed by atoms with Crippen LogP contribution in [0.25, 0.3) is 0 Å². The topological polar surface area (TPSA) is 59.9 Å². The molecule has 0 spiro atoms. The van der Waals surface area contributed by atoms with E-state index in [1.165, 1.54) is 0 Å². The molecule has 1 amide bonds. The van der Waals surface area contributed by atoms with Crippen LogP contribution in [0.2, 0.25) is 10.0 Å². The van der Waals surface area contributed by atoms with Crippen LogP contribution in [0.15, 0.2) is 71.7 Å². The van der Waals surface area contributed by atoms with E-state index < -0.39 is 0 Å². The van der Waals surface area contributed by atoms with E-state index in [0.717, 1.165) is 5.56 Å². The molecule has 3 aromatic rings. The first-order chi connectivity index (χ1) is 14.0. The number of amides is 1. The summed E-state index contributed by atoms with van der Waals surface area (Å²) in [5.41, 5.74) is 2.17. The monoisotopic (exact) mass is 428 g/mol. The summed E-state index contributed by atoms with van der Waals surface area (Å²) >= 11 is 11.9. The quantitative estimate of drug-likeness (QED) is 0.485. The summed E-state index contributed by atoms with van der Waals surface area (Å²) in [7, 11) is 1.55. The maximum Gasteiger partial charge on any atom is 0.262 e. The molecule has 0 aliphatic heterocycles. The molecular formula is C22H18Cl2N2O3. The van der Waals surface area contributed by atoms with Crippen LogP contribution >= 0.6 is 23.2 Å². The number of carbonyl (C=O) groups excluding carboxylic acids is 1. The Morgan fingerprint density at radius 3 is 2.52 bits per heavy atom. The standard InChI is InChI=1S/C22H18Cl2N2O3/c1-28-21-5-3-2-4-20(21)26-22(27)14-29-17-9-6-15(7-10-17)13-25-16-8-11-18(23)19(24)12-16/h2-13H,14H2,1H3,(H,26,27). The Labute approximate surface area is 178 Å². The molecule has 0 fully saturated rings. The minimum absolute atomic E-state index is 0.116. The number of rotatable bonds is 7. The zero-order valence-corrected chi connectivity index (χ0v) is 17.1. The van der Waals surface area contributed by atoms with Crippen LogP contribution in [0.1, 0.15) is 5.56 Å². The minimum atomic E-state index is -0.278. The number of halogens is 2. The number of anilines is 1. The van der Waals surface area contributed by atoms with Gasteiger partial charge in [0.2, 0.25) is 0 Å². The number of ether oxygens (including phenoxy) is 2. The fourth-order valence-electron chi connectivity index (χ4n) is 2.45. The first kappa shape index (κ1) is 20.7. The molecule has 1 N–H and O–H groups in total. The summed E-state index contributed by atoms with van der Waals surface area (Å²) in [5.74, 6) is 0.887. The highest BCUT2D eigenvalue weighted by Gasteiger charge is 2.07. The van der Waals surface area contributed by atoms with Crippen LogP contribution < -0.4 is 14.8 Å². The van der Waals surface area contributed by atoms with E-state index in [1.54, 1.807) is 55.8 Å². The van der Waals surface area contributed by atoms with E-state index in [4.69, 9.17) is 32.7 Å². The number of methoxy groups -OCH3 is 1. The fourth-order valence-corrected chi connectivity index (χ4v) is 2.74. The molecule has 0 saturated carbocycles. The number of nitrogens with zero attached hydrogens (tertiary/aromatic N) is 1. The van der Waals surface area contributed by atoms with Crippen LogP contribution in [-0.2, 0) is 4.79 Å². The summed E-state index contributed by atoms with van der Waals surface area (Å²) in [6.07, 6.45) is 1.71. The Hall–Kier alpha value is -3.02. The summed E-state index contributed by atoms with van der Waals surface area (Å²) < 4.78 is 10.7. The molecule has 0 saturated heterocycles. The van der Waals surface area contributed by atoms with Crippen molar-refractivity contribution in [2.24, 2.45) is 4.99 Å². The van der Waals surface area contributed by atoms with Gasteiger partial charge in [-0.05, 0) is 60.2 Å². The Kier molecular flexibility index (Phi) is 7.11. The number of hydrogen-bond acceptors (Lipinski definition) is 4. The van der Waals surface area contributed by atoms with Gasteiger partial charge in [-0.15, -0.1) is 0 Å². The predicted octanol–water partition coefficient (Wildman–Crippen LogP) is 5.77. The maximum absolute atomic E-state index is 12.1. The van der Waals surface area contributed by atoms with Gasteiger partial charge in [-0.2, -0.15) is 0 Å². The van der Waals surface area contributed by atoms with Crippen molar-refractivity contribution in [1.82, 2.24) is 0 Å². The second-order valence-electron chi connectivity index (χ2n) is 5.96. The van der Waals surface area contributed by atoms with Gasteiger partial charge in [0.15, 0.2) is 6.61 Å². The molecule has 3 aromatic carbocycles. The van der Waals surface area contributed by atoms with Gasteiger partial charge in [0.1, 0.15) is 11.5 Å². The predicted molar refractivity (Wildman–Crippen MR) is 117 cm³/mol. The third kappa shape index (κ3) is 5.98. The van der Waals surface area contributed by atoms with Crippen molar-refractivity contribution < 1.29 is 14.3 Å². The zero-order valence-electron chi connectivity index (χ0n) is 15.6. The molecule has 7 heteroatoms. The largest absolute Gasteiger partial charge is 0.495 e. The summed E-state index contributed by atoms with van der Waals surface area (Å²) in [6.45, 7) is -0.116. The molecule has 3 rings (SSSR count). The molecule has 0 aliphatic carbocycles. The number of carbonyl (C=O) groups is 1. The van der Waals surface area contributed by atoms with Gasteiger partial charge in [-0.1, -0.05) is 35.3 Å². The van der Waals surface area contributed by atoms with E-state index >= 15 is 0 Å². The first-order valence-electron chi connectivity index (χ1n) is 8.70. The highest BCUT2D eigenvalue weighted by atomic mass is 35.5. The van der Waals surface area contributed by atoms with E-state index in [-0.39, 0.29) is 12.5 Å². The zero-order chi connectivity index (χ0) is 20.6. The lowest BCUT2D eigenvalue weighted by molar-refractivity contribution is -0.118. The first-order valence-corrected chi connectivity index (χ1v) is 9.45. The second kappa shape index (κ2) is 9.96. The van der Waals surface area contributed by atoms with E-state index in [1.807, 2.05) is 24.3 Å². The normalized spacial score (nSPS) is 10.7.